The summed E-state index contributed by atoms with van der Waals surface area (Å²) in [5.74, 6) is -1.54. The average Bonchev–Trinajstić information content (AvgIpc) is 2.98. The first-order valence-electron chi connectivity index (χ1n) is 12.8. The number of benzene rings is 2. The van der Waals surface area contributed by atoms with Gasteiger partial charge in [0.25, 0.3) is 5.91 Å². The highest BCUT2D eigenvalue weighted by Gasteiger charge is 2.33. The third kappa shape index (κ3) is 7.51. The Morgan fingerprint density at radius 1 is 1.12 bits per heavy atom. The van der Waals surface area contributed by atoms with E-state index in [1.165, 1.54) is 12.3 Å². The average molecular weight is 604 g/mol. The van der Waals surface area contributed by atoms with Crippen molar-refractivity contribution in [1.29, 1.82) is 5.41 Å². The molecule has 1 aromatic heterocycles. The van der Waals surface area contributed by atoms with Gasteiger partial charge in [-0.25, -0.2) is 4.98 Å². The number of pyridine rings is 1. The molecule has 0 spiro atoms. The van der Waals surface area contributed by atoms with Gasteiger partial charge in [-0.15, -0.1) is 11.6 Å². The SMILES string of the molecule is N=CC(C=Nc1ccc(Cl)c(C(F)(F)F)c1)C(=O)c1cc(N2CCCCC2)ncc1NC(=O)c1cccc(CCl)c1. The van der Waals surface area contributed by atoms with Crippen molar-refractivity contribution in [2.24, 2.45) is 10.9 Å². The van der Waals surface area contributed by atoms with Gasteiger partial charge in [-0.2, -0.15) is 13.2 Å². The van der Waals surface area contributed by atoms with Crippen LogP contribution in [0.2, 0.25) is 5.02 Å². The number of nitrogens with zero attached hydrogens (tertiary/aromatic N) is 3. The second-order valence-corrected chi connectivity index (χ2v) is 10.1. The molecule has 0 radical (unpaired) electrons. The van der Waals surface area contributed by atoms with E-state index in [0.717, 1.165) is 62.5 Å². The number of aliphatic imine (C=N–C) groups is 1. The van der Waals surface area contributed by atoms with Crippen LogP contribution in [0.4, 0.5) is 30.4 Å². The van der Waals surface area contributed by atoms with Gasteiger partial charge in [0.05, 0.1) is 34.1 Å². The predicted molar refractivity (Wildman–Crippen MR) is 155 cm³/mol. The van der Waals surface area contributed by atoms with Crippen molar-refractivity contribution < 1.29 is 22.8 Å². The van der Waals surface area contributed by atoms with Crippen LogP contribution in [-0.2, 0) is 12.1 Å². The number of anilines is 2. The Labute approximate surface area is 244 Å². The molecule has 1 aliphatic heterocycles. The quantitative estimate of drug-likeness (QED) is 0.149. The Bertz CT molecular complexity index is 1470. The highest BCUT2D eigenvalue weighted by Crippen LogP contribution is 2.37. The van der Waals surface area contributed by atoms with Crippen molar-refractivity contribution in [3.63, 3.8) is 0 Å². The fourth-order valence-electron chi connectivity index (χ4n) is 4.38. The third-order valence-electron chi connectivity index (χ3n) is 6.55. The molecule has 2 aromatic carbocycles. The van der Waals surface area contributed by atoms with Crippen LogP contribution in [0.1, 0.15) is 51.1 Å². The lowest BCUT2D eigenvalue weighted by atomic mass is 9.98. The van der Waals surface area contributed by atoms with E-state index in [2.05, 4.69) is 15.3 Å². The number of alkyl halides is 4. The summed E-state index contributed by atoms with van der Waals surface area (Å²) >= 11 is 11.6. The molecule has 0 saturated carbocycles. The number of hydrogen-bond acceptors (Lipinski definition) is 6. The van der Waals surface area contributed by atoms with Gasteiger partial charge in [-0.1, -0.05) is 23.7 Å². The van der Waals surface area contributed by atoms with E-state index >= 15 is 0 Å². The number of nitrogens with one attached hydrogen (secondary N) is 2. The Balaban J connectivity index is 1.67. The maximum absolute atomic E-state index is 13.7. The molecule has 1 atom stereocenters. The third-order valence-corrected chi connectivity index (χ3v) is 7.19. The number of aromatic nitrogens is 1. The standard InChI is InChI=1S/C29H26Cl2F3N5O2/c30-14-18-5-4-6-19(11-18)28(41)38-25-17-37-26(39-9-2-1-3-10-39)13-22(25)27(40)20(15-35)16-36-21-7-8-24(31)23(12-21)29(32,33)34/h4-8,11-13,15-17,20,35H,1-3,9-10,14H2,(H,38,41). The molecule has 1 aliphatic rings. The number of carbonyl (C=O) groups is 2. The highest BCUT2D eigenvalue weighted by molar-refractivity contribution is 6.31. The van der Waals surface area contributed by atoms with Crippen molar-refractivity contribution in [3.8, 4) is 0 Å². The Hall–Kier alpha value is -3.76. The minimum atomic E-state index is -4.68. The van der Waals surface area contributed by atoms with E-state index < -0.39 is 34.4 Å². The van der Waals surface area contributed by atoms with E-state index in [1.54, 1.807) is 30.3 Å². The monoisotopic (exact) mass is 603 g/mol. The molecule has 214 valence electrons. The van der Waals surface area contributed by atoms with E-state index in [0.29, 0.717) is 11.4 Å². The first-order valence-corrected chi connectivity index (χ1v) is 13.7. The minimum absolute atomic E-state index is 0.0854. The molecule has 0 aliphatic carbocycles. The molecule has 0 bridgehead atoms. The van der Waals surface area contributed by atoms with E-state index in [4.69, 9.17) is 28.6 Å². The van der Waals surface area contributed by atoms with Gasteiger partial charge in [0.15, 0.2) is 5.78 Å². The maximum Gasteiger partial charge on any atom is 0.417 e. The molecule has 1 saturated heterocycles. The summed E-state index contributed by atoms with van der Waals surface area (Å²) in [7, 11) is 0. The summed E-state index contributed by atoms with van der Waals surface area (Å²) in [5, 5.41) is 10.1. The molecular weight excluding hydrogens is 578 g/mol. The molecule has 1 fully saturated rings. The summed E-state index contributed by atoms with van der Waals surface area (Å²) < 4.78 is 39.8. The van der Waals surface area contributed by atoms with Gasteiger partial charge in [0, 0.05) is 42.5 Å². The number of rotatable bonds is 9. The molecule has 3 aromatic rings. The number of Topliss-reactive ketones (excluding diaryl/α,β-unsaturated/α-hetero) is 1. The van der Waals surface area contributed by atoms with Crippen molar-refractivity contribution >= 4 is 64.5 Å². The van der Waals surface area contributed by atoms with Crippen LogP contribution in [0.5, 0.6) is 0 Å². The van der Waals surface area contributed by atoms with Crippen molar-refractivity contribution in [3.05, 3.63) is 82.0 Å². The van der Waals surface area contributed by atoms with E-state index in [9.17, 15) is 22.8 Å². The number of hydrogen-bond donors (Lipinski definition) is 2. The van der Waals surface area contributed by atoms with Gasteiger partial charge in [0.1, 0.15) is 5.82 Å². The smallest absolute Gasteiger partial charge is 0.357 e. The first kappa shape index (κ1) is 30.2. The van der Waals surface area contributed by atoms with Crippen LogP contribution < -0.4 is 10.2 Å². The normalized spacial score (nSPS) is 14.6. The molecule has 12 heteroatoms. The predicted octanol–water partition coefficient (Wildman–Crippen LogP) is 7.59. The number of ketones is 1. The maximum atomic E-state index is 13.7. The summed E-state index contributed by atoms with van der Waals surface area (Å²) in [6.07, 6.45) is 1.67. The van der Waals surface area contributed by atoms with Crippen molar-refractivity contribution in [2.75, 3.05) is 23.3 Å². The van der Waals surface area contributed by atoms with Crippen LogP contribution in [0.25, 0.3) is 0 Å². The fourth-order valence-corrected chi connectivity index (χ4v) is 4.77. The second kappa shape index (κ2) is 13.3. The molecule has 1 unspecified atom stereocenters. The zero-order valence-electron chi connectivity index (χ0n) is 21.7. The van der Waals surface area contributed by atoms with Crippen LogP contribution in [0.15, 0.2) is 59.7 Å². The Kier molecular flexibility index (Phi) is 9.77. The lowest BCUT2D eigenvalue weighted by molar-refractivity contribution is -0.137. The van der Waals surface area contributed by atoms with Gasteiger partial charge < -0.3 is 15.6 Å². The lowest BCUT2D eigenvalue weighted by Gasteiger charge is -2.28. The Morgan fingerprint density at radius 3 is 2.56 bits per heavy atom. The molecule has 41 heavy (non-hydrogen) atoms. The largest absolute Gasteiger partial charge is 0.417 e. The minimum Gasteiger partial charge on any atom is -0.357 e. The van der Waals surface area contributed by atoms with E-state index in [1.807, 2.05) is 4.90 Å². The van der Waals surface area contributed by atoms with Crippen molar-refractivity contribution in [1.82, 2.24) is 4.98 Å². The zero-order valence-corrected chi connectivity index (χ0v) is 23.2. The summed E-state index contributed by atoms with van der Waals surface area (Å²) in [4.78, 5) is 37.3. The highest BCUT2D eigenvalue weighted by atomic mass is 35.5. The number of amides is 1. The van der Waals surface area contributed by atoms with Gasteiger partial charge in [0.2, 0.25) is 0 Å². The zero-order chi connectivity index (χ0) is 29.6. The second-order valence-electron chi connectivity index (χ2n) is 9.42. The molecule has 4 rings (SSSR count). The van der Waals surface area contributed by atoms with Gasteiger partial charge >= 0.3 is 6.18 Å². The lowest BCUT2D eigenvalue weighted by Crippen LogP contribution is -2.31. The number of halogens is 5. The van der Waals surface area contributed by atoms with Crippen LogP contribution in [0, 0.1) is 11.3 Å². The van der Waals surface area contributed by atoms with Gasteiger partial charge in [-0.3, -0.25) is 14.6 Å². The van der Waals surface area contributed by atoms with Crippen LogP contribution in [-0.4, -0.2) is 42.2 Å². The molecule has 1 amide bonds. The number of carbonyl (C=O) groups excluding carboxylic acids is 2. The fraction of sp³-hybridized carbons (Fsp3) is 0.276. The molecule has 2 heterocycles. The Morgan fingerprint density at radius 2 is 1.88 bits per heavy atom. The van der Waals surface area contributed by atoms with E-state index in [-0.39, 0.29) is 22.8 Å². The summed E-state index contributed by atoms with van der Waals surface area (Å²) in [6, 6.07) is 11.4. The van der Waals surface area contributed by atoms with Gasteiger partial charge in [-0.05, 0) is 61.2 Å². The first-order chi connectivity index (χ1) is 19.6. The van der Waals surface area contributed by atoms with Crippen molar-refractivity contribution in [2.45, 2.75) is 31.3 Å². The molecule has 7 nitrogen and oxygen atoms in total. The van der Waals surface area contributed by atoms with Crippen LogP contribution in [0.3, 0.4) is 0 Å². The summed E-state index contributed by atoms with van der Waals surface area (Å²) in [5.41, 5.74) is 0.144. The molecular formula is C29H26Cl2F3N5O2. The molecule has 2 N–H and O–H groups in total. The van der Waals surface area contributed by atoms with Crippen LogP contribution >= 0.6 is 23.2 Å². The number of piperidine rings is 1. The summed E-state index contributed by atoms with van der Waals surface area (Å²) in [6.45, 7) is 1.51. The topological polar surface area (TPSA) is 98.5 Å².